The Morgan fingerprint density at radius 1 is 1.83 bits per heavy atom. The van der Waals surface area contributed by atoms with E-state index in [1.54, 1.807) is 6.08 Å². The molecule has 0 fully saturated rings. The third-order valence-corrected chi connectivity index (χ3v) is 0.413. The smallest absolute Gasteiger partial charge is 0.0854 e. The van der Waals surface area contributed by atoms with Gasteiger partial charge in [-0.25, -0.2) is 4.89 Å². The number of rotatable bonds is 3. The summed E-state index contributed by atoms with van der Waals surface area (Å²) < 4.78 is 0. The van der Waals surface area contributed by atoms with Gasteiger partial charge in [0.25, 0.3) is 0 Å². The molecule has 0 aromatic carbocycles. The summed E-state index contributed by atoms with van der Waals surface area (Å²) >= 11 is 0. The van der Waals surface area contributed by atoms with Crippen LogP contribution in [0, 0.1) is 0 Å². The molecule has 0 aliphatic carbocycles. The Balaban J connectivity index is 2.49. The lowest BCUT2D eigenvalue weighted by molar-refractivity contribution is -0.240. The third-order valence-electron chi connectivity index (χ3n) is 0.413. The van der Waals surface area contributed by atoms with Crippen molar-refractivity contribution in [2.75, 3.05) is 6.61 Å². The Morgan fingerprint density at radius 2 is 2.50 bits per heavy atom. The maximum absolute atomic E-state index is 7.65. The van der Waals surface area contributed by atoms with Crippen molar-refractivity contribution in [3.8, 4) is 0 Å². The van der Waals surface area contributed by atoms with Crippen LogP contribution >= 0.6 is 0 Å². The number of hydrogen-bond donors (Lipinski definition) is 1. The molecule has 0 rings (SSSR count). The van der Waals surface area contributed by atoms with Crippen LogP contribution in [0.5, 0.6) is 0 Å². The Hall–Kier alpha value is -0.340. The fraction of sp³-hybridized carbons (Fsp3) is 0.500. The lowest BCUT2D eigenvalue weighted by Crippen LogP contribution is -1.83. The molecule has 2 heteroatoms. The summed E-state index contributed by atoms with van der Waals surface area (Å²) in [5.41, 5.74) is 0. The lowest BCUT2D eigenvalue weighted by Gasteiger charge is -1.83. The summed E-state index contributed by atoms with van der Waals surface area (Å²) in [5, 5.41) is 7.65. The Bertz CT molecular complexity index is 34.5. The Labute approximate surface area is 37.0 Å². The first-order chi connectivity index (χ1) is 2.91. The molecule has 0 saturated heterocycles. The van der Waals surface area contributed by atoms with Gasteiger partial charge in [0.05, 0.1) is 6.61 Å². The molecule has 0 aromatic heterocycles. The van der Waals surface area contributed by atoms with Crippen molar-refractivity contribution in [1.29, 1.82) is 0 Å². The maximum atomic E-state index is 7.65. The van der Waals surface area contributed by atoms with E-state index in [9.17, 15) is 0 Å². The summed E-state index contributed by atoms with van der Waals surface area (Å²) in [5.74, 6) is 0. The van der Waals surface area contributed by atoms with Crippen molar-refractivity contribution in [1.82, 2.24) is 0 Å². The average molecular weight is 88.1 g/mol. The highest BCUT2D eigenvalue weighted by molar-refractivity contribution is 4.63. The fourth-order valence-corrected chi connectivity index (χ4v) is 0.136. The van der Waals surface area contributed by atoms with Crippen molar-refractivity contribution in [2.45, 2.75) is 6.42 Å². The minimum Gasteiger partial charge on any atom is -0.252 e. The van der Waals surface area contributed by atoms with Crippen molar-refractivity contribution in [3.05, 3.63) is 12.7 Å². The quantitative estimate of drug-likeness (QED) is 0.242. The maximum Gasteiger partial charge on any atom is 0.0854 e. The molecular weight excluding hydrogens is 80.0 g/mol. The Morgan fingerprint density at radius 3 is 2.67 bits per heavy atom. The number of hydrogen-bond acceptors (Lipinski definition) is 2. The molecule has 6 heavy (non-hydrogen) atoms. The van der Waals surface area contributed by atoms with Gasteiger partial charge in [0.2, 0.25) is 0 Å². The predicted molar refractivity (Wildman–Crippen MR) is 23.4 cm³/mol. The van der Waals surface area contributed by atoms with Gasteiger partial charge < -0.3 is 0 Å². The zero-order valence-electron chi connectivity index (χ0n) is 3.55. The molecule has 0 aliphatic heterocycles. The molecule has 2 nitrogen and oxygen atoms in total. The van der Waals surface area contributed by atoms with E-state index in [0.717, 1.165) is 0 Å². The van der Waals surface area contributed by atoms with Gasteiger partial charge in [0, 0.05) is 0 Å². The van der Waals surface area contributed by atoms with Crippen LogP contribution < -0.4 is 0 Å². The van der Waals surface area contributed by atoms with Crippen molar-refractivity contribution in [2.24, 2.45) is 0 Å². The molecule has 0 radical (unpaired) electrons. The molecule has 1 N–H and O–H groups in total. The molecular formula is C4H8O2. The highest BCUT2D eigenvalue weighted by atomic mass is 17.1. The molecule has 0 bridgehead atoms. The van der Waals surface area contributed by atoms with Crippen LogP contribution in [-0.4, -0.2) is 11.9 Å². The highest BCUT2D eigenvalue weighted by Crippen LogP contribution is 1.75. The standard InChI is InChI=1S/C4H8O2/c1-2-3-4-6-5/h2,5H,1,3-4H2. The molecule has 0 aromatic rings. The molecule has 0 aliphatic rings. The third kappa shape index (κ3) is 3.66. The topological polar surface area (TPSA) is 29.5 Å². The first kappa shape index (κ1) is 5.66. The zero-order chi connectivity index (χ0) is 4.83. The first-order valence-electron chi connectivity index (χ1n) is 1.79. The van der Waals surface area contributed by atoms with Crippen LogP contribution in [0.4, 0.5) is 0 Å². The second-order valence-electron chi connectivity index (χ2n) is 0.911. The van der Waals surface area contributed by atoms with Crippen LogP contribution in [0.15, 0.2) is 12.7 Å². The zero-order valence-corrected chi connectivity index (χ0v) is 3.55. The van der Waals surface area contributed by atoms with E-state index in [0.29, 0.717) is 13.0 Å². The molecule has 0 spiro atoms. The van der Waals surface area contributed by atoms with Crippen molar-refractivity contribution >= 4 is 0 Å². The second-order valence-corrected chi connectivity index (χ2v) is 0.911. The van der Waals surface area contributed by atoms with Gasteiger partial charge in [-0.1, -0.05) is 6.08 Å². The van der Waals surface area contributed by atoms with Crippen LogP contribution in [-0.2, 0) is 4.89 Å². The molecule has 0 saturated carbocycles. The summed E-state index contributed by atoms with van der Waals surface area (Å²) in [6.45, 7) is 3.76. The van der Waals surface area contributed by atoms with Gasteiger partial charge in [-0.3, -0.25) is 5.26 Å². The Kier molecular flexibility index (Phi) is 4.40. The minimum absolute atomic E-state index is 0.351. The van der Waals surface area contributed by atoms with E-state index in [4.69, 9.17) is 5.26 Å². The van der Waals surface area contributed by atoms with Crippen LogP contribution in [0.2, 0.25) is 0 Å². The normalized spacial score (nSPS) is 8.17. The molecule has 0 heterocycles. The van der Waals surface area contributed by atoms with E-state index in [1.165, 1.54) is 0 Å². The van der Waals surface area contributed by atoms with E-state index >= 15 is 0 Å². The van der Waals surface area contributed by atoms with Gasteiger partial charge in [-0.05, 0) is 6.42 Å². The fourth-order valence-electron chi connectivity index (χ4n) is 0.136. The van der Waals surface area contributed by atoms with E-state index in [1.807, 2.05) is 0 Å². The van der Waals surface area contributed by atoms with Crippen LogP contribution in [0.3, 0.4) is 0 Å². The lowest BCUT2D eigenvalue weighted by atomic mass is 10.5. The van der Waals surface area contributed by atoms with E-state index < -0.39 is 0 Å². The highest BCUT2D eigenvalue weighted by Gasteiger charge is 1.72. The largest absolute Gasteiger partial charge is 0.252 e. The summed E-state index contributed by atoms with van der Waals surface area (Å²) in [6.07, 6.45) is 2.38. The SMILES string of the molecule is C=CCCOO. The molecule has 0 amide bonds. The molecule has 0 atom stereocenters. The van der Waals surface area contributed by atoms with Crippen molar-refractivity contribution in [3.63, 3.8) is 0 Å². The van der Waals surface area contributed by atoms with Crippen LogP contribution in [0.25, 0.3) is 0 Å². The van der Waals surface area contributed by atoms with Gasteiger partial charge in [0.1, 0.15) is 0 Å². The summed E-state index contributed by atoms with van der Waals surface area (Å²) in [4.78, 5) is 3.71. The first-order valence-corrected chi connectivity index (χ1v) is 1.79. The van der Waals surface area contributed by atoms with Crippen LogP contribution in [0.1, 0.15) is 6.42 Å². The summed E-state index contributed by atoms with van der Waals surface area (Å²) in [6, 6.07) is 0. The summed E-state index contributed by atoms with van der Waals surface area (Å²) in [7, 11) is 0. The van der Waals surface area contributed by atoms with Gasteiger partial charge in [0.15, 0.2) is 0 Å². The van der Waals surface area contributed by atoms with E-state index in [2.05, 4.69) is 11.5 Å². The second kappa shape index (κ2) is 4.66. The monoisotopic (exact) mass is 88.1 g/mol. The van der Waals surface area contributed by atoms with Crippen molar-refractivity contribution < 1.29 is 10.1 Å². The average Bonchev–Trinajstić information content (AvgIpc) is 1.61. The van der Waals surface area contributed by atoms with Gasteiger partial charge >= 0.3 is 0 Å². The predicted octanol–water partition coefficient (Wildman–Crippen LogP) is 1.05. The van der Waals surface area contributed by atoms with E-state index in [-0.39, 0.29) is 0 Å². The minimum atomic E-state index is 0.351. The van der Waals surface area contributed by atoms with Gasteiger partial charge in [-0.2, -0.15) is 0 Å². The molecule has 0 unspecified atom stereocenters. The molecule has 36 valence electrons. The van der Waals surface area contributed by atoms with Gasteiger partial charge in [-0.15, -0.1) is 6.58 Å².